The lowest BCUT2D eigenvalue weighted by atomic mass is 10.0. The number of para-hydroxylation sites is 1. The second kappa shape index (κ2) is 5.05. The van der Waals surface area contributed by atoms with Crippen molar-refractivity contribution in [3.05, 3.63) is 64.7 Å². The van der Waals surface area contributed by atoms with Gasteiger partial charge >= 0.3 is 0 Å². The van der Waals surface area contributed by atoms with Gasteiger partial charge in [-0.25, -0.2) is 0 Å². The van der Waals surface area contributed by atoms with Crippen molar-refractivity contribution in [2.24, 2.45) is 0 Å². The smallest absolute Gasteiger partial charge is 0.122 e. The predicted octanol–water partition coefficient (Wildman–Crippen LogP) is 3.99. The minimum absolute atomic E-state index is 0.582. The molecule has 0 aliphatic carbocycles. The molecule has 0 aliphatic rings. The van der Waals surface area contributed by atoms with Crippen molar-refractivity contribution in [1.29, 1.82) is 0 Å². The van der Waals surface area contributed by atoms with Crippen LogP contribution in [0.2, 0.25) is 0 Å². The van der Waals surface area contributed by atoms with Gasteiger partial charge in [-0.3, -0.25) is 0 Å². The SMILES string of the molecule is Cc1ccccc1OCc1[c]ccc(C)c1C. The molecule has 2 rings (SSSR count). The average molecular weight is 225 g/mol. The summed E-state index contributed by atoms with van der Waals surface area (Å²) in [5.41, 5.74) is 4.85. The molecule has 0 N–H and O–H groups in total. The van der Waals surface area contributed by atoms with Gasteiger partial charge in [0.15, 0.2) is 0 Å². The maximum Gasteiger partial charge on any atom is 0.122 e. The molecule has 0 heterocycles. The lowest BCUT2D eigenvalue weighted by Gasteiger charge is -2.11. The first-order chi connectivity index (χ1) is 8.18. The van der Waals surface area contributed by atoms with E-state index in [1.54, 1.807) is 0 Å². The normalized spacial score (nSPS) is 10.3. The lowest BCUT2D eigenvalue weighted by molar-refractivity contribution is 0.303. The molecule has 0 unspecified atom stereocenters. The third-order valence-corrected chi connectivity index (χ3v) is 3.10. The summed E-state index contributed by atoms with van der Waals surface area (Å²) in [5, 5.41) is 0. The molecule has 0 aromatic heterocycles. The van der Waals surface area contributed by atoms with Gasteiger partial charge in [-0.05, 0) is 49.6 Å². The van der Waals surface area contributed by atoms with E-state index in [0.717, 1.165) is 16.9 Å². The van der Waals surface area contributed by atoms with Crippen LogP contribution in [0.3, 0.4) is 0 Å². The Bertz CT molecular complexity index is 515. The van der Waals surface area contributed by atoms with Gasteiger partial charge in [-0.1, -0.05) is 30.3 Å². The Hall–Kier alpha value is -1.76. The van der Waals surface area contributed by atoms with E-state index in [2.05, 4.69) is 39.0 Å². The van der Waals surface area contributed by atoms with Crippen molar-refractivity contribution in [1.82, 2.24) is 0 Å². The maximum absolute atomic E-state index is 5.83. The molecule has 0 aliphatic heterocycles. The van der Waals surface area contributed by atoms with E-state index >= 15 is 0 Å². The summed E-state index contributed by atoms with van der Waals surface area (Å²) in [6.07, 6.45) is 0. The van der Waals surface area contributed by atoms with Gasteiger partial charge in [0.2, 0.25) is 0 Å². The van der Waals surface area contributed by atoms with Crippen molar-refractivity contribution in [2.45, 2.75) is 27.4 Å². The number of rotatable bonds is 3. The second-order valence-electron chi connectivity index (χ2n) is 4.32. The largest absolute Gasteiger partial charge is 0.489 e. The van der Waals surface area contributed by atoms with Crippen molar-refractivity contribution in [2.75, 3.05) is 0 Å². The first kappa shape index (κ1) is 11.7. The summed E-state index contributed by atoms with van der Waals surface area (Å²) >= 11 is 0. The highest BCUT2D eigenvalue weighted by molar-refractivity contribution is 5.34. The molecule has 0 saturated heterocycles. The van der Waals surface area contributed by atoms with Crippen molar-refractivity contribution < 1.29 is 4.74 Å². The van der Waals surface area contributed by atoms with Gasteiger partial charge < -0.3 is 4.74 Å². The summed E-state index contributed by atoms with van der Waals surface area (Å²) in [5.74, 6) is 0.946. The van der Waals surface area contributed by atoms with E-state index in [9.17, 15) is 0 Å². The number of aryl methyl sites for hydroxylation is 2. The molecule has 0 bridgehead atoms. The van der Waals surface area contributed by atoms with Gasteiger partial charge in [-0.15, -0.1) is 0 Å². The highest BCUT2D eigenvalue weighted by atomic mass is 16.5. The fraction of sp³-hybridized carbons (Fsp3) is 0.250. The summed E-state index contributed by atoms with van der Waals surface area (Å²) in [4.78, 5) is 0. The maximum atomic E-state index is 5.83. The fourth-order valence-electron chi connectivity index (χ4n) is 1.76. The highest BCUT2D eigenvalue weighted by Crippen LogP contribution is 2.19. The van der Waals surface area contributed by atoms with E-state index in [4.69, 9.17) is 4.74 Å². The van der Waals surface area contributed by atoms with Crippen LogP contribution in [0, 0.1) is 26.8 Å². The van der Waals surface area contributed by atoms with Crippen LogP contribution in [-0.2, 0) is 6.61 Å². The van der Waals surface area contributed by atoms with E-state index in [-0.39, 0.29) is 0 Å². The number of ether oxygens (including phenoxy) is 1. The molecular weight excluding hydrogens is 208 g/mol. The molecule has 1 heteroatoms. The quantitative estimate of drug-likeness (QED) is 0.767. The average Bonchev–Trinajstić information content (AvgIpc) is 2.33. The molecule has 1 radical (unpaired) electrons. The Morgan fingerprint density at radius 2 is 1.76 bits per heavy atom. The van der Waals surface area contributed by atoms with E-state index in [0.29, 0.717) is 6.61 Å². The zero-order chi connectivity index (χ0) is 12.3. The third kappa shape index (κ3) is 2.68. The Morgan fingerprint density at radius 3 is 2.53 bits per heavy atom. The Morgan fingerprint density at radius 1 is 1.00 bits per heavy atom. The Balaban J connectivity index is 2.13. The third-order valence-electron chi connectivity index (χ3n) is 3.10. The molecule has 17 heavy (non-hydrogen) atoms. The minimum atomic E-state index is 0.582. The van der Waals surface area contributed by atoms with Crippen LogP contribution in [0.5, 0.6) is 5.75 Å². The molecular formula is C16H17O. The zero-order valence-corrected chi connectivity index (χ0v) is 10.6. The number of hydrogen-bond acceptors (Lipinski definition) is 1. The number of benzene rings is 2. The van der Waals surface area contributed by atoms with Gasteiger partial charge in [0.25, 0.3) is 0 Å². The van der Waals surface area contributed by atoms with E-state index in [1.165, 1.54) is 11.1 Å². The molecule has 2 aromatic carbocycles. The summed E-state index contributed by atoms with van der Waals surface area (Å²) in [6, 6.07) is 15.3. The fourth-order valence-corrected chi connectivity index (χ4v) is 1.76. The van der Waals surface area contributed by atoms with Gasteiger partial charge in [0, 0.05) is 5.56 Å². The Labute approximate surface area is 103 Å². The van der Waals surface area contributed by atoms with Crippen LogP contribution >= 0.6 is 0 Å². The minimum Gasteiger partial charge on any atom is -0.489 e. The van der Waals surface area contributed by atoms with Crippen LogP contribution in [0.4, 0.5) is 0 Å². The summed E-state index contributed by atoms with van der Waals surface area (Å²) in [7, 11) is 0. The standard InChI is InChI=1S/C16H17O/c1-12-8-6-9-15(14(12)3)11-17-16-10-5-4-7-13(16)2/h4-8,10H,11H2,1-3H3. The van der Waals surface area contributed by atoms with Crippen molar-refractivity contribution >= 4 is 0 Å². The summed E-state index contributed by atoms with van der Waals surface area (Å²) in [6.45, 7) is 6.86. The lowest BCUT2D eigenvalue weighted by Crippen LogP contribution is -2.00. The molecule has 0 fully saturated rings. The first-order valence-corrected chi connectivity index (χ1v) is 5.83. The van der Waals surface area contributed by atoms with Crippen molar-refractivity contribution in [3.63, 3.8) is 0 Å². The van der Waals surface area contributed by atoms with Crippen LogP contribution in [0.15, 0.2) is 36.4 Å². The highest BCUT2D eigenvalue weighted by Gasteiger charge is 2.03. The van der Waals surface area contributed by atoms with Crippen LogP contribution in [0.25, 0.3) is 0 Å². The van der Waals surface area contributed by atoms with E-state index in [1.807, 2.05) is 24.3 Å². The monoisotopic (exact) mass is 225 g/mol. The topological polar surface area (TPSA) is 9.23 Å². The van der Waals surface area contributed by atoms with Crippen LogP contribution in [0.1, 0.15) is 22.3 Å². The molecule has 0 amide bonds. The second-order valence-corrected chi connectivity index (χ2v) is 4.32. The molecule has 0 spiro atoms. The van der Waals surface area contributed by atoms with E-state index < -0.39 is 0 Å². The van der Waals surface area contributed by atoms with Crippen molar-refractivity contribution in [3.8, 4) is 5.75 Å². The molecule has 0 atom stereocenters. The van der Waals surface area contributed by atoms with Crippen LogP contribution < -0.4 is 4.74 Å². The van der Waals surface area contributed by atoms with Gasteiger partial charge in [-0.2, -0.15) is 0 Å². The molecule has 1 nitrogen and oxygen atoms in total. The van der Waals surface area contributed by atoms with Gasteiger partial charge in [0.1, 0.15) is 12.4 Å². The molecule has 0 saturated carbocycles. The molecule has 2 aromatic rings. The molecule has 87 valence electrons. The Kier molecular flexibility index (Phi) is 3.48. The number of hydrogen-bond donors (Lipinski definition) is 0. The van der Waals surface area contributed by atoms with Crippen LogP contribution in [-0.4, -0.2) is 0 Å². The zero-order valence-electron chi connectivity index (χ0n) is 10.6. The first-order valence-electron chi connectivity index (χ1n) is 5.83. The summed E-state index contributed by atoms with van der Waals surface area (Å²) < 4.78 is 5.83. The van der Waals surface area contributed by atoms with Gasteiger partial charge in [0.05, 0.1) is 0 Å². The predicted molar refractivity (Wildman–Crippen MR) is 70.3 cm³/mol.